The number of carbonyl (C=O) groups is 1. The Bertz CT molecular complexity index is 929. The number of anilines is 1. The molecule has 0 saturated carbocycles. The molecule has 2 heterocycles. The molecule has 26 heavy (non-hydrogen) atoms. The third kappa shape index (κ3) is 4.12. The van der Waals surface area contributed by atoms with Gasteiger partial charge in [0.2, 0.25) is 0 Å². The zero-order chi connectivity index (χ0) is 19.4. The van der Waals surface area contributed by atoms with Crippen molar-refractivity contribution < 1.29 is 9.53 Å². The fourth-order valence-corrected chi connectivity index (χ4v) is 3.04. The summed E-state index contributed by atoms with van der Waals surface area (Å²) in [6.45, 7) is 5.34. The van der Waals surface area contributed by atoms with Crippen molar-refractivity contribution in [3.8, 4) is 0 Å². The predicted octanol–water partition coefficient (Wildman–Crippen LogP) is 1.57. The van der Waals surface area contributed by atoms with Gasteiger partial charge in [-0.2, -0.15) is 0 Å². The van der Waals surface area contributed by atoms with Crippen molar-refractivity contribution in [2.45, 2.75) is 52.7 Å². The molecule has 0 spiro atoms. The fourth-order valence-electron chi connectivity index (χ4n) is 3.04. The van der Waals surface area contributed by atoms with Gasteiger partial charge in [-0.15, -0.1) is 0 Å². The number of carbonyl (C=O) groups excluding carboxylic acids is 1. The molecule has 0 radical (unpaired) electrons. The third-order valence-corrected chi connectivity index (χ3v) is 4.30. The highest BCUT2D eigenvalue weighted by Crippen LogP contribution is 2.18. The summed E-state index contributed by atoms with van der Waals surface area (Å²) in [5.41, 5.74) is 1.05. The number of aryl methyl sites for hydroxylation is 2. The quantitative estimate of drug-likeness (QED) is 0.593. The number of hydrogen-bond donors (Lipinski definition) is 1. The van der Waals surface area contributed by atoms with Gasteiger partial charge in [-0.1, -0.05) is 0 Å². The molecule has 8 nitrogen and oxygen atoms in total. The van der Waals surface area contributed by atoms with Crippen molar-refractivity contribution in [3.63, 3.8) is 0 Å². The Kier molecular flexibility index (Phi) is 6.18. The molecule has 0 saturated heterocycles. The number of nitrogens with zero attached hydrogens (tertiary/aromatic N) is 3. The van der Waals surface area contributed by atoms with Crippen LogP contribution in [0.15, 0.2) is 15.7 Å². The van der Waals surface area contributed by atoms with Crippen LogP contribution < -0.4 is 16.6 Å². The Hall–Kier alpha value is -2.64. The van der Waals surface area contributed by atoms with E-state index in [9.17, 15) is 14.4 Å². The number of ether oxygens (including phenoxy) is 1. The van der Waals surface area contributed by atoms with E-state index >= 15 is 0 Å². The lowest BCUT2D eigenvalue weighted by molar-refractivity contribution is -0.145. The summed E-state index contributed by atoms with van der Waals surface area (Å²) < 4.78 is 7.73. The van der Waals surface area contributed by atoms with Gasteiger partial charge < -0.3 is 10.1 Å². The zero-order valence-electron chi connectivity index (χ0n) is 16.0. The van der Waals surface area contributed by atoms with Crippen LogP contribution in [0.5, 0.6) is 0 Å². The minimum Gasteiger partial charge on any atom is -0.463 e. The number of pyridine rings is 1. The molecular formula is C18H26N4O4. The van der Waals surface area contributed by atoms with Gasteiger partial charge in [0.05, 0.1) is 11.8 Å². The highest BCUT2D eigenvalue weighted by Gasteiger charge is 2.16. The Morgan fingerprint density at radius 2 is 2.04 bits per heavy atom. The summed E-state index contributed by atoms with van der Waals surface area (Å²) in [6, 6.07) is 1.79. The number of nitrogens with one attached hydrogen (secondary N) is 1. The molecule has 0 aliphatic carbocycles. The highest BCUT2D eigenvalue weighted by molar-refractivity contribution is 5.88. The number of aromatic nitrogens is 3. The Labute approximate surface area is 151 Å². The topological polar surface area (TPSA) is 95.2 Å². The number of fused-ring (bicyclic) bond motifs is 1. The minimum atomic E-state index is -0.379. The van der Waals surface area contributed by atoms with E-state index in [4.69, 9.17) is 4.74 Å². The van der Waals surface area contributed by atoms with Crippen LogP contribution in [0.4, 0.5) is 5.69 Å². The molecule has 0 bridgehead atoms. The highest BCUT2D eigenvalue weighted by atomic mass is 16.5. The van der Waals surface area contributed by atoms with Crippen molar-refractivity contribution in [2.24, 2.45) is 7.05 Å². The summed E-state index contributed by atoms with van der Waals surface area (Å²) in [7, 11) is 3.36. The number of hydrogen-bond acceptors (Lipinski definition) is 6. The fraction of sp³-hybridized carbons (Fsp3) is 0.556. The average molecular weight is 362 g/mol. The van der Waals surface area contributed by atoms with Crippen LogP contribution in [0.1, 0.15) is 38.8 Å². The number of unbranched alkanes of at least 4 members (excludes halogenated alkanes) is 1. The molecule has 2 aromatic heterocycles. The van der Waals surface area contributed by atoms with E-state index in [1.54, 1.807) is 20.2 Å². The second kappa shape index (κ2) is 8.16. The van der Waals surface area contributed by atoms with Crippen LogP contribution in [0, 0.1) is 6.92 Å². The lowest BCUT2D eigenvalue weighted by atomic mass is 10.1. The first-order valence-electron chi connectivity index (χ1n) is 8.72. The first kappa shape index (κ1) is 19.7. The van der Waals surface area contributed by atoms with E-state index in [-0.39, 0.29) is 23.3 Å². The maximum atomic E-state index is 12.9. The zero-order valence-corrected chi connectivity index (χ0v) is 16.0. The molecular weight excluding hydrogens is 336 g/mol. The summed E-state index contributed by atoms with van der Waals surface area (Å²) in [6.07, 6.45) is 1.89. The SMILES string of the molecule is CNc1cc(C)nc2c1c(=O)n(CCCCC(C)OC(C)=O)c(=O)n2C. The van der Waals surface area contributed by atoms with Gasteiger partial charge in [0.25, 0.3) is 5.56 Å². The van der Waals surface area contributed by atoms with Gasteiger partial charge >= 0.3 is 11.7 Å². The van der Waals surface area contributed by atoms with Crippen molar-refractivity contribution in [2.75, 3.05) is 12.4 Å². The Balaban J connectivity index is 2.28. The molecule has 0 aliphatic rings. The molecule has 0 aliphatic heterocycles. The normalized spacial score (nSPS) is 12.2. The van der Waals surface area contributed by atoms with Crippen molar-refractivity contribution in [3.05, 3.63) is 32.6 Å². The van der Waals surface area contributed by atoms with E-state index < -0.39 is 0 Å². The Morgan fingerprint density at radius 1 is 1.35 bits per heavy atom. The molecule has 8 heteroatoms. The average Bonchev–Trinajstić information content (AvgIpc) is 2.57. The second-order valence-electron chi connectivity index (χ2n) is 6.47. The minimum absolute atomic E-state index is 0.174. The van der Waals surface area contributed by atoms with Crippen LogP contribution in [0.3, 0.4) is 0 Å². The van der Waals surface area contributed by atoms with Crippen LogP contribution in [0.2, 0.25) is 0 Å². The van der Waals surface area contributed by atoms with E-state index in [0.29, 0.717) is 36.1 Å². The molecule has 1 atom stereocenters. The van der Waals surface area contributed by atoms with Crippen LogP contribution in [0.25, 0.3) is 11.0 Å². The number of esters is 1. The van der Waals surface area contributed by atoms with Gasteiger partial charge in [-0.05, 0) is 39.2 Å². The van der Waals surface area contributed by atoms with Crippen LogP contribution in [-0.4, -0.2) is 33.2 Å². The summed E-state index contributed by atoms with van der Waals surface area (Å²) in [5, 5.41) is 3.42. The monoisotopic (exact) mass is 362 g/mol. The molecule has 0 amide bonds. The molecule has 2 aromatic rings. The lowest BCUT2D eigenvalue weighted by Crippen LogP contribution is -2.39. The summed E-state index contributed by atoms with van der Waals surface area (Å²) in [4.78, 5) is 40.7. The molecule has 0 aromatic carbocycles. The van der Waals surface area contributed by atoms with Gasteiger partial charge in [-0.25, -0.2) is 9.78 Å². The third-order valence-electron chi connectivity index (χ3n) is 4.30. The first-order chi connectivity index (χ1) is 12.3. The van der Waals surface area contributed by atoms with E-state index in [1.165, 1.54) is 16.1 Å². The van der Waals surface area contributed by atoms with Gasteiger partial charge in [0.15, 0.2) is 5.65 Å². The van der Waals surface area contributed by atoms with Crippen molar-refractivity contribution in [1.82, 2.24) is 14.1 Å². The molecule has 1 unspecified atom stereocenters. The number of rotatable bonds is 7. The molecule has 142 valence electrons. The second-order valence-corrected chi connectivity index (χ2v) is 6.47. The predicted molar refractivity (Wildman–Crippen MR) is 101 cm³/mol. The largest absolute Gasteiger partial charge is 0.463 e. The summed E-state index contributed by atoms with van der Waals surface area (Å²) in [5.74, 6) is -0.306. The summed E-state index contributed by atoms with van der Waals surface area (Å²) >= 11 is 0. The standard InChI is InChI=1S/C18H26N4O4/c1-11-10-14(19-4)15-16(20-11)21(5)18(25)22(17(15)24)9-7-6-8-12(2)26-13(3)23/h10,12H,6-9H2,1-5H3,(H,19,20). The maximum Gasteiger partial charge on any atom is 0.332 e. The maximum absolute atomic E-state index is 12.9. The van der Waals surface area contributed by atoms with E-state index in [0.717, 1.165) is 12.1 Å². The molecule has 2 rings (SSSR count). The Morgan fingerprint density at radius 3 is 2.65 bits per heavy atom. The smallest absolute Gasteiger partial charge is 0.332 e. The van der Waals surface area contributed by atoms with Gasteiger partial charge in [0.1, 0.15) is 5.39 Å². The van der Waals surface area contributed by atoms with E-state index in [1.807, 2.05) is 13.8 Å². The van der Waals surface area contributed by atoms with Gasteiger partial charge in [0, 0.05) is 33.3 Å². The van der Waals surface area contributed by atoms with E-state index in [2.05, 4.69) is 10.3 Å². The first-order valence-corrected chi connectivity index (χ1v) is 8.72. The molecule has 0 fully saturated rings. The van der Waals surface area contributed by atoms with Gasteiger partial charge in [-0.3, -0.25) is 18.7 Å². The lowest BCUT2D eigenvalue weighted by Gasteiger charge is -2.14. The van der Waals surface area contributed by atoms with Crippen molar-refractivity contribution >= 4 is 22.7 Å². The molecule has 1 N–H and O–H groups in total. The van der Waals surface area contributed by atoms with Crippen LogP contribution in [-0.2, 0) is 23.1 Å². The van der Waals surface area contributed by atoms with Crippen LogP contribution >= 0.6 is 0 Å². The van der Waals surface area contributed by atoms with Crippen molar-refractivity contribution in [1.29, 1.82) is 0 Å².